The first-order valence-corrected chi connectivity index (χ1v) is 3.49. The van der Waals surface area contributed by atoms with Crippen LogP contribution >= 0.6 is 12.4 Å². The van der Waals surface area contributed by atoms with E-state index in [0.29, 0.717) is 5.41 Å². The van der Waals surface area contributed by atoms with E-state index in [1.807, 2.05) is 0 Å². The van der Waals surface area contributed by atoms with Crippen LogP contribution in [0.2, 0.25) is 0 Å². The van der Waals surface area contributed by atoms with Crippen LogP contribution in [0.1, 0.15) is 13.8 Å². The van der Waals surface area contributed by atoms with Crippen molar-refractivity contribution >= 4 is 12.4 Å². The van der Waals surface area contributed by atoms with Gasteiger partial charge in [0.25, 0.3) is 0 Å². The molecule has 1 fully saturated rings. The quantitative estimate of drug-likeness (QED) is 0.580. The maximum Gasteiger partial charge on any atom is 0.0591 e. The van der Waals surface area contributed by atoms with Crippen LogP contribution in [-0.4, -0.2) is 26.3 Å². The first-order chi connectivity index (χ1) is 4.21. The summed E-state index contributed by atoms with van der Waals surface area (Å²) in [7, 11) is 0. The van der Waals surface area contributed by atoms with Gasteiger partial charge < -0.3 is 10.1 Å². The summed E-state index contributed by atoms with van der Waals surface area (Å²) in [4.78, 5) is 0. The second-order valence-corrected chi connectivity index (χ2v) is 3.39. The highest BCUT2D eigenvalue weighted by molar-refractivity contribution is 5.85. The fourth-order valence-electron chi connectivity index (χ4n) is 0.971. The largest absolute Gasteiger partial charge is 0.380 e. The molecule has 1 N–H and O–H groups in total. The molecule has 1 aliphatic heterocycles. The topological polar surface area (TPSA) is 21.3 Å². The number of nitrogens with one attached hydrogen (secondary N) is 1. The van der Waals surface area contributed by atoms with Gasteiger partial charge in [-0.05, 0) is 0 Å². The minimum atomic E-state index is 0. The lowest BCUT2D eigenvalue weighted by Gasteiger charge is -2.20. The van der Waals surface area contributed by atoms with Crippen LogP contribution in [0.4, 0.5) is 0 Å². The summed E-state index contributed by atoms with van der Waals surface area (Å²) in [5, 5.41) is 3.31. The molecule has 0 aliphatic carbocycles. The van der Waals surface area contributed by atoms with Crippen molar-refractivity contribution in [3.8, 4) is 0 Å². The number of rotatable bonds is 0. The highest BCUT2D eigenvalue weighted by Crippen LogP contribution is 2.14. The molecule has 0 atom stereocenters. The third-order valence-corrected chi connectivity index (χ3v) is 1.52. The lowest BCUT2D eigenvalue weighted by molar-refractivity contribution is 0.0892. The molecule has 2 nitrogen and oxygen atoms in total. The molecule has 0 radical (unpaired) electrons. The summed E-state index contributed by atoms with van der Waals surface area (Å²) < 4.78 is 5.35. The molecular weight excluding hydrogens is 150 g/mol. The van der Waals surface area contributed by atoms with Crippen LogP contribution in [0.25, 0.3) is 0 Å². The molecule has 1 saturated heterocycles. The first-order valence-electron chi connectivity index (χ1n) is 3.49. The molecule has 1 rings (SSSR count). The molecule has 0 aromatic carbocycles. The van der Waals surface area contributed by atoms with Crippen molar-refractivity contribution in [2.24, 2.45) is 5.41 Å². The third kappa shape index (κ3) is 3.40. The molecule has 0 bridgehead atoms. The Morgan fingerprint density at radius 1 is 1.40 bits per heavy atom. The standard InChI is InChI=1S/C7H15NO.ClH/c1-7(2)5-8-3-4-9-6-7;/h8H,3-6H2,1-2H3;1H. The molecular formula is C7H16ClNO. The van der Waals surface area contributed by atoms with Gasteiger partial charge in [-0.1, -0.05) is 13.8 Å². The second kappa shape index (κ2) is 4.16. The van der Waals surface area contributed by atoms with Crippen LogP contribution in [0, 0.1) is 5.41 Å². The van der Waals surface area contributed by atoms with Gasteiger partial charge in [0.2, 0.25) is 0 Å². The Morgan fingerprint density at radius 3 is 2.80 bits per heavy atom. The zero-order valence-corrected chi connectivity index (χ0v) is 7.46. The average molecular weight is 166 g/mol. The number of hydrogen-bond acceptors (Lipinski definition) is 2. The maximum absolute atomic E-state index is 5.35. The van der Waals surface area contributed by atoms with Gasteiger partial charge in [-0.25, -0.2) is 0 Å². The minimum absolute atomic E-state index is 0. The zero-order chi connectivity index (χ0) is 6.74. The fourth-order valence-corrected chi connectivity index (χ4v) is 0.971. The molecule has 62 valence electrons. The highest BCUT2D eigenvalue weighted by Gasteiger charge is 2.19. The van der Waals surface area contributed by atoms with Crippen LogP contribution in [0.3, 0.4) is 0 Å². The van der Waals surface area contributed by atoms with Crippen molar-refractivity contribution in [2.45, 2.75) is 13.8 Å². The van der Waals surface area contributed by atoms with E-state index in [1.165, 1.54) is 0 Å². The minimum Gasteiger partial charge on any atom is -0.380 e. The predicted molar refractivity (Wildman–Crippen MR) is 44.7 cm³/mol. The summed E-state index contributed by atoms with van der Waals surface area (Å²) in [6, 6.07) is 0. The zero-order valence-electron chi connectivity index (χ0n) is 6.64. The van der Waals surface area contributed by atoms with Crippen molar-refractivity contribution in [3.05, 3.63) is 0 Å². The van der Waals surface area contributed by atoms with Crippen LogP contribution in [0.5, 0.6) is 0 Å². The smallest absolute Gasteiger partial charge is 0.0591 e. The number of halogens is 1. The van der Waals surface area contributed by atoms with E-state index in [4.69, 9.17) is 4.74 Å². The van der Waals surface area contributed by atoms with Crippen LogP contribution in [0.15, 0.2) is 0 Å². The molecule has 0 unspecified atom stereocenters. The molecule has 10 heavy (non-hydrogen) atoms. The molecule has 0 amide bonds. The van der Waals surface area contributed by atoms with Gasteiger partial charge in [0, 0.05) is 18.5 Å². The lowest BCUT2D eigenvalue weighted by atomic mass is 9.95. The van der Waals surface area contributed by atoms with Gasteiger partial charge in [-0.15, -0.1) is 12.4 Å². The predicted octanol–water partition coefficient (Wildman–Crippen LogP) is 1.05. The van der Waals surface area contributed by atoms with E-state index >= 15 is 0 Å². The van der Waals surface area contributed by atoms with E-state index < -0.39 is 0 Å². The van der Waals surface area contributed by atoms with E-state index in [1.54, 1.807) is 0 Å². The monoisotopic (exact) mass is 165 g/mol. The van der Waals surface area contributed by atoms with Gasteiger partial charge in [0.05, 0.1) is 13.2 Å². The van der Waals surface area contributed by atoms with E-state index in [0.717, 1.165) is 26.3 Å². The van der Waals surface area contributed by atoms with Gasteiger partial charge in [-0.3, -0.25) is 0 Å². The van der Waals surface area contributed by atoms with Gasteiger partial charge >= 0.3 is 0 Å². The van der Waals surface area contributed by atoms with Crippen LogP contribution < -0.4 is 5.32 Å². The van der Waals surface area contributed by atoms with Crippen molar-refractivity contribution in [1.82, 2.24) is 5.32 Å². The Hall–Kier alpha value is 0.210. The highest BCUT2D eigenvalue weighted by atomic mass is 35.5. The Morgan fingerprint density at radius 2 is 2.10 bits per heavy atom. The lowest BCUT2D eigenvalue weighted by Crippen LogP contribution is -2.29. The second-order valence-electron chi connectivity index (χ2n) is 3.39. The average Bonchev–Trinajstić information content (AvgIpc) is 1.92. The van der Waals surface area contributed by atoms with Crippen molar-refractivity contribution in [2.75, 3.05) is 26.3 Å². The molecule has 0 spiro atoms. The van der Waals surface area contributed by atoms with Gasteiger partial charge in [0.15, 0.2) is 0 Å². The van der Waals surface area contributed by atoms with E-state index in [2.05, 4.69) is 19.2 Å². The van der Waals surface area contributed by atoms with Crippen molar-refractivity contribution in [3.63, 3.8) is 0 Å². The third-order valence-electron chi connectivity index (χ3n) is 1.52. The molecule has 1 aliphatic rings. The maximum atomic E-state index is 5.35. The Balaban J connectivity index is 0.000000810. The van der Waals surface area contributed by atoms with E-state index in [9.17, 15) is 0 Å². The molecule has 1 heterocycles. The molecule has 3 heteroatoms. The normalized spacial score (nSPS) is 24.6. The van der Waals surface area contributed by atoms with Crippen LogP contribution in [-0.2, 0) is 4.74 Å². The molecule has 0 aromatic heterocycles. The summed E-state index contributed by atoms with van der Waals surface area (Å²) in [5.41, 5.74) is 0.330. The summed E-state index contributed by atoms with van der Waals surface area (Å²) in [6.45, 7) is 8.26. The Labute approximate surface area is 68.7 Å². The van der Waals surface area contributed by atoms with Crippen molar-refractivity contribution in [1.29, 1.82) is 0 Å². The number of hydrogen-bond donors (Lipinski definition) is 1. The molecule has 0 saturated carbocycles. The Kier molecular flexibility index (Phi) is 4.25. The molecule has 0 aromatic rings. The van der Waals surface area contributed by atoms with Gasteiger partial charge in [-0.2, -0.15) is 0 Å². The summed E-state index contributed by atoms with van der Waals surface area (Å²) in [6.07, 6.45) is 0. The fraction of sp³-hybridized carbons (Fsp3) is 1.00. The Bertz CT molecular complexity index is 85.6. The summed E-state index contributed by atoms with van der Waals surface area (Å²) in [5.74, 6) is 0. The SMILES string of the molecule is CC1(C)CNCCOC1.Cl. The summed E-state index contributed by atoms with van der Waals surface area (Å²) >= 11 is 0. The van der Waals surface area contributed by atoms with Crippen molar-refractivity contribution < 1.29 is 4.74 Å². The van der Waals surface area contributed by atoms with E-state index in [-0.39, 0.29) is 12.4 Å². The number of ether oxygens (including phenoxy) is 1. The first kappa shape index (κ1) is 10.2. The van der Waals surface area contributed by atoms with Gasteiger partial charge in [0.1, 0.15) is 0 Å².